The highest BCUT2D eigenvalue weighted by Gasteiger charge is 2.46. The molecule has 98 valence electrons. The zero-order valence-electron chi connectivity index (χ0n) is 10.9. The Labute approximate surface area is 116 Å². The van der Waals surface area contributed by atoms with Crippen molar-refractivity contribution in [3.05, 3.63) is 46.7 Å². The number of anilines is 1. The summed E-state index contributed by atoms with van der Waals surface area (Å²) in [4.78, 5) is 15.2. The minimum absolute atomic E-state index is 0.0563. The molecule has 0 aliphatic carbocycles. The third-order valence-electron chi connectivity index (χ3n) is 3.56. The number of β-lactam (4-membered cyclic amide) rings is 1. The van der Waals surface area contributed by atoms with Crippen LogP contribution in [0, 0.1) is 5.92 Å². The van der Waals surface area contributed by atoms with Crippen LogP contribution in [0.5, 0.6) is 5.75 Å². The highest BCUT2D eigenvalue weighted by Crippen LogP contribution is 2.44. The smallest absolute Gasteiger partial charge is 0.232 e. The second-order valence-electron chi connectivity index (χ2n) is 4.66. The molecule has 1 fully saturated rings. The molecule has 4 heteroatoms. The molecule has 0 spiro atoms. The van der Waals surface area contributed by atoms with Gasteiger partial charge in [-0.1, -0.05) is 13.0 Å². The van der Waals surface area contributed by atoms with Gasteiger partial charge >= 0.3 is 0 Å². The maximum Gasteiger partial charge on any atom is 0.232 e. The number of carbonyl (C=O) groups is 1. The SMILES string of the molecule is COc1ccc(N2C(=O)[C@@H](C)[C@@H]2c2cccs2)cc1. The molecule has 1 amide bonds. The highest BCUT2D eigenvalue weighted by molar-refractivity contribution is 7.10. The maximum atomic E-state index is 12.1. The van der Waals surface area contributed by atoms with Crippen molar-refractivity contribution in [2.24, 2.45) is 5.92 Å². The van der Waals surface area contributed by atoms with Gasteiger partial charge < -0.3 is 9.64 Å². The van der Waals surface area contributed by atoms with E-state index in [4.69, 9.17) is 4.74 Å². The molecule has 2 heterocycles. The zero-order chi connectivity index (χ0) is 13.4. The fourth-order valence-corrected chi connectivity index (χ4v) is 3.42. The van der Waals surface area contributed by atoms with E-state index in [9.17, 15) is 4.79 Å². The Hall–Kier alpha value is -1.81. The molecule has 1 aromatic carbocycles. The molecule has 2 aromatic rings. The van der Waals surface area contributed by atoms with Crippen molar-refractivity contribution in [3.8, 4) is 5.75 Å². The Balaban J connectivity index is 1.91. The molecule has 19 heavy (non-hydrogen) atoms. The van der Waals surface area contributed by atoms with Crippen LogP contribution < -0.4 is 9.64 Å². The topological polar surface area (TPSA) is 29.5 Å². The van der Waals surface area contributed by atoms with E-state index in [1.807, 2.05) is 42.2 Å². The third-order valence-corrected chi connectivity index (χ3v) is 4.51. The van der Waals surface area contributed by atoms with Crippen molar-refractivity contribution < 1.29 is 9.53 Å². The average Bonchev–Trinajstić information content (AvgIpc) is 2.97. The monoisotopic (exact) mass is 273 g/mol. The number of hydrogen-bond donors (Lipinski definition) is 0. The fourth-order valence-electron chi connectivity index (χ4n) is 2.50. The lowest BCUT2D eigenvalue weighted by atomic mass is 9.87. The van der Waals surface area contributed by atoms with Crippen LogP contribution in [0.4, 0.5) is 5.69 Å². The second-order valence-corrected chi connectivity index (χ2v) is 5.63. The quantitative estimate of drug-likeness (QED) is 0.801. The molecule has 2 atom stereocenters. The molecule has 0 bridgehead atoms. The van der Waals surface area contributed by atoms with Gasteiger partial charge in [0.1, 0.15) is 5.75 Å². The molecular formula is C15H15NO2S. The van der Waals surface area contributed by atoms with Crippen molar-refractivity contribution >= 4 is 22.9 Å². The largest absolute Gasteiger partial charge is 0.497 e. The normalized spacial score (nSPS) is 22.2. The first kappa shape index (κ1) is 12.2. The molecule has 1 saturated heterocycles. The summed E-state index contributed by atoms with van der Waals surface area (Å²) >= 11 is 1.70. The van der Waals surface area contributed by atoms with Crippen molar-refractivity contribution in [1.82, 2.24) is 0 Å². The zero-order valence-corrected chi connectivity index (χ0v) is 11.7. The summed E-state index contributed by atoms with van der Waals surface area (Å²) < 4.78 is 5.15. The summed E-state index contributed by atoms with van der Waals surface area (Å²) in [6, 6.07) is 11.9. The van der Waals surface area contributed by atoms with Crippen LogP contribution in [-0.2, 0) is 4.79 Å². The second kappa shape index (κ2) is 4.70. The van der Waals surface area contributed by atoms with Crippen molar-refractivity contribution in [2.45, 2.75) is 13.0 Å². The fraction of sp³-hybridized carbons (Fsp3) is 0.267. The van der Waals surface area contributed by atoms with Gasteiger partial charge in [-0.25, -0.2) is 0 Å². The number of carbonyl (C=O) groups excluding carboxylic acids is 1. The molecule has 3 rings (SSSR count). The molecule has 1 aliphatic rings. The van der Waals surface area contributed by atoms with E-state index in [0.717, 1.165) is 11.4 Å². The van der Waals surface area contributed by atoms with E-state index in [-0.39, 0.29) is 17.9 Å². The van der Waals surface area contributed by atoms with E-state index in [1.165, 1.54) is 4.88 Å². The Bertz CT molecular complexity index is 577. The van der Waals surface area contributed by atoms with Gasteiger partial charge in [-0.05, 0) is 35.7 Å². The minimum atomic E-state index is 0.0563. The van der Waals surface area contributed by atoms with E-state index < -0.39 is 0 Å². The number of benzene rings is 1. The van der Waals surface area contributed by atoms with Crippen LogP contribution in [0.2, 0.25) is 0 Å². The summed E-state index contributed by atoms with van der Waals surface area (Å²) in [6.45, 7) is 1.99. The van der Waals surface area contributed by atoms with Gasteiger partial charge in [-0.15, -0.1) is 11.3 Å². The first-order valence-electron chi connectivity index (χ1n) is 6.23. The standard InChI is InChI=1S/C15H15NO2S/c1-10-14(13-4-3-9-19-13)16(15(10)17)11-5-7-12(18-2)8-6-11/h3-10,14H,1-2H3/t10-,14+/m0/s1. The Morgan fingerprint density at radius 2 is 1.95 bits per heavy atom. The summed E-state index contributed by atoms with van der Waals surface area (Å²) in [6.07, 6.45) is 0. The lowest BCUT2D eigenvalue weighted by Crippen LogP contribution is -2.53. The van der Waals surface area contributed by atoms with Gasteiger partial charge in [-0.3, -0.25) is 4.79 Å². The van der Waals surface area contributed by atoms with E-state index in [2.05, 4.69) is 11.4 Å². The number of nitrogens with zero attached hydrogens (tertiary/aromatic N) is 1. The summed E-state index contributed by atoms with van der Waals surface area (Å²) in [5, 5.41) is 2.05. The first-order valence-corrected chi connectivity index (χ1v) is 7.11. The summed E-state index contributed by atoms with van der Waals surface area (Å²) in [7, 11) is 1.64. The molecule has 0 N–H and O–H groups in total. The Morgan fingerprint density at radius 1 is 1.21 bits per heavy atom. The highest BCUT2D eigenvalue weighted by atomic mass is 32.1. The van der Waals surface area contributed by atoms with Crippen molar-refractivity contribution in [2.75, 3.05) is 12.0 Å². The van der Waals surface area contributed by atoms with Gasteiger partial charge in [0, 0.05) is 10.6 Å². The molecule has 0 radical (unpaired) electrons. The third kappa shape index (κ3) is 1.92. The lowest BCUT2D eigenvalue weighted by Gasteiger charge is -2.45. The van der Waals surface area contributed by atoms with Crippen molar-refractivity contribution in [1.29, 1.82) is 0 Å². The Morgan fingerprint density at radius 3 is 2.53 bits per heavy atom. The number of thiophene rings is 1. The Kier molecular flexibility index (Phi) is 3.03. The molecule has 0 saturated carbocycles. The molecule has 0 unspecified atom stereocenters. The number of ether oxygens (including phenoxy) is 1. The van der Waals surface area contributed by atoms with Gasteiger partial charge in [0.2, 0.25) is 5.91 Å². The van der Waals surface area contributed by atoms with Gasteiger partial charge in [-0.2, -0.15) is 0 Å². The first-order chi connectivity index (χ1) is 9.22. The van der Waals surface area contributed by atoms with Crippen LogP contribution in [0.1, 0.15) is 17.8 Å². The molecule has 1 aromatic heterocycles. The van der Waals surface area contributed by atoms with E-state index >= 15 is 0 Å². The average molecular weight is 273 g/mol. The number of hydrogen-bond acceptors (Lipinski definition) is 3. The van der Waals surface area contributed by atoms with Crippen molar-refractivity contribution in [3.63, 3.8) is 0 Å². The van der Waals surface area contributed by atoms with Crippen LogP contribution in [-0.4, -0.2) is 13.0 Å². The summed E-state index contributed by atoms with van der Waals surface area (Å²) in [5.74, 6) is 1.04. The maximum absolute atomic E-state index is 12.1. The van der Waals surface area contributed by atoms with E-state index in [1.54, 1.807) is 18.4 Å². The van der Waals surface area contributed by atoms with Crippen LogP contribution in [0.25, 0.3) is 0 Å². The number of amides is 1. The minimum Gasteiger partial charge on any atom is -0.497 e. The van der Waals surface area contributed by atoms with E-state index in [0.29, 0.717) is 0 Å². The molecule has 3 nitrogen and oxygen atoms in total. The molecular weight excluding hydrogens is 258 g/mol. The predicted octanol–water partition coefficient (Wildman–Crippen LogP) is 3.48. The predicted molar refractivity (Wildman–Crippen MR) is 76.7 cm³/mol. The number of rotatable bonds is 3. The van der Waals surface area contributed by atoms with Gasteiger partial charge in [0.05, 0.1) is 19.1 Å². The van der Waals surface area contributed by atoms with Crippen LogP contribution in [0.3, 0.4) is 0 Å². The summed E-state index contributed by atoms with van der Waals surface area (Å²) in [5.41, 5.74) is 0.933. The van der Waals surface area contributed by atoms with Crippen LogP contribution in [0.15, 0.2) is 41.8 Å². The van der Waals surface area contributed by atoms with Crippen LogP contribution >= 0.6 is 11.3 Å². The van der Waals surface area contributed by atoms with Gasteiger partial charge in [0.15, 0.2) is 0 Å². The van der Waals surface area contributed by atoms with Gasteiger partial charge in [0.25, 0.3) is 0 Å². The molecule has 1 aliphatic heterocycles. The number of methoxy groups -OCH3 is 1. The lowest BCUT2D eigenvalue weighted by molar-refractivity contribution is -0.129.